The molecule has 1 aliphatic heterocycles. The summed E-state index contributed by atoms with van der Waals surface area (Å²) in [6.45, 7) is 2.42. The molecule has 2 heterocycles. The lowest BCUT2D eigenvalue weighted by Gasteiger charge is -2.27. The Morgan fingerprint density at radius 3 is 2.52 bits per heavy atom. The highest BCUT2D eigenvalue weighted by atomic mass is 35.5. The molecule has 4 nitrogen and oxygen atoms in total. The van der Waals surface area contributed by atoms with Gasteiger partial charge in [0.15, 0.2) is 0 Å². The van der Waals surface area contributed by atoms with Crippen molar-refractivity contribution in [3.8, 4) is 0 Å². The van der Waals surface area contributed by atoms with Gasteiger partial charge in [0.1, 0.15) is 0 Å². The van der Waals surface area contributed by atoms with Crippen molar-refractivity contribution >= 4 is 40.4 Å². The molecular formula is C23H21ClN2O2S. The van der Waals surface area contributed by atoms with Crippen LogP contribution < -0.4 is 10.2 Å². The van der Waals surface area contributed by atoms with Crippen molar-refractivity contribution in [3.63, 3.8) is 0 Å². The van der Waals surface area contributed by atoms with Gasteiger partial charge < -0.3 is 10.2 Å². The minimum Gasteiger partial charge on any atom is -0.352 e. The zero-order chi connectivity index (χ0) is 20.4. The second kappa shape index (κ2) is 8.39. The quantitative estimate of drug-likeness (QED) is 0.617. The Hall–Kier alpha value is -2.63. The summed E-state index contributed by atoms with van der Waals surface area (Å²) in [5.41, 5.74) is 2.92. The summed E-state index contributed by atoms with van der Waals surface area (Å²) in [6.07, 6.45) is 0.197. The molecule has 2 aromatic carbocycles. The molecule has 1 aliphatic rings. The Kier molecular flexibility index (Phi) is 5.69. The van der Waals surface area contributed by atoms with Crippen molar-refractivity contribution in [1.82, 2.24) is 5.32 Å². The number of carbonyl (C=O) groups excluding carboxylic acids is 2. The minimum atomic E-state index is -0.435. The summed E-state index contributed by atoms with van der Waals surface area (Å²) >= 11 is 7.50. The molecule has 1 aromatic heterocycles. The molecule has 0 spiro atoms. The molecule has 29 heavy (non-hydrogen) atoms. The zero-order valence-corrected chi connectivity index (χ0v) is 17.5. The summed E-state index contributed by atoms with van der Waals surface area (Å²) in [7, 11) is 0. The highest BCUT2D eigenvalue weighted by Gasteiger charge is 2.45. The molecule has 0 aliphatic carbocycles. The van der Waals surface area contributed by atoms with Crippen LogP contribution in [0.3, 0.4) is 0 Å². The minimum absolute atomic E-state index is 0.0288. The number of hydrogen-bond acceptors (Lipinski definition) is 3. The lowest BCUT2D eigenvalue weighted by Crippen LogP contribution is -2.35. The number of amides is 2. The maximum Gasteiger partial charge on any atom is 0.228 e. The first-order valence-electron chi connectivity index (χ1n) is 9.47. The Morgan fingerprint density at radius 2 is 1.86 bits per heavy atom. The fraction of sp³-hybridized carbons (Fsp3) is 0.217. The maximum absolute atomic E-state index is 13.1. The lowest BCUT2D eigenvalue weighted by molar-refractivity contribution is -0.126. The molecule has 1 N–H and O–H groups in total. The van der Waals surface area contributed by atoms with E-state index in [0.29, 0.717) is 11.6 Å². The van der Waals surface area contributed by atoms with E-state index in [-0.39, 0.29) is 24.3 Å². The monoisotopic (exact) mass is 424 g/mol. The van der Waals surface area contributed by atoms with Crippen LogP contribution in [0.15, 0.2) is 66.0 Å². The van der Waals surface area contributed by atoms with Gasteiger partial charge in [-0.2, -0.15) is 0 Å². The van der Waals surface area contributed by atoms with Gasteiger partial charge >= 0.3 is 0 Å². The number of nitrogens with zero attached hydrogens (tertiary/aromatic N) is 1. The number of hydrogen-bond donors (Lipinski definition) is 1. The molecule has 6 heteroatoms. The molecule has 2 atom stereocenters. The fourth-order valence-corrected chi connectivity index (χ4v) is 4.69. The second-order valence-corrected chi connectivity index (χ2v) is 8.63. The van der Waals surface area contributed by atoms with Gasteiger partial charge in [-0.3, -0.25) is 9.59 Å². The van der Waals surface area contributed by atoms with E-state index in [2.05, 4.69) is 5.32 Å². The summed E-state index contributed by atoms with van der Waals surface area (Å²) < 4.78 is 0. The second-order valence-electron chi connectivity index (χ2n) is 7.21. The standard InChI is InChI=1S/C23H21ClN2O2S/c1-15-4-10-18(11-5-15)26-21(27)13-19(22(26)20-3-2-12-29-20)23(28)25-14-16-6-8-17(24)9-7-16/h2-12,19,22H,13-14H2,1H3,(H,25,28)/t19-,22+/m1/s1. The van der Waals surface area contributed by atoms with Crippen molar-refractivity contribution in [2.24, 2.45) is 5.92 Å². The number of nitrogens with one attached hydrogen (secondary N) is 1. The molecule has 148 valence electrons. The summed E-state index contributed by atoms with van der Waals surface area (Å²) in [5.74, 6) is -0.574. The fourth-order valence-electron chi connectivity index (χ4n) is 3.69. The topological polar surface area (TPSA) is 49.4 Å². The van der Waals surface area contributed by atoms with Gasteiger partial charge in [-0.1, -0.05) is 47.5 Å². The molecule has 0 saturated carbocycles. The van der Waals surface area contributed by atoms with Gasteiger partial charge in [0.25, 0.3) is 0 Å². The number of halogens is 1. The largest absolute Gasteiger partial charge is 0.352 e. The van der Waals surface area contributed by atoms with Gasteiger partial charge in [-0.15, -0.1) is 11.3 Å². The molecular weight excluding hydrogens is 404 g/mol. The van der Waals surface area contributed by atoms with E-state index < -0.39 is 5.92 Å². The average molecular weight is 425 g/mol. The van der Waals surface area contributed by atoms with Gasteiger partial charge in [0, 0.05) is 28.6 Å². The van der Waals surface area contributed by atoms with Crippen LogP contribution in [0, 0.1) is 12.8 Å². The van der Waals surface area contributed by atoms with E-state index in [9.17, 15) is 9.59 Å². The molecule has 4 rings (SSSR count). The van der Waals surface area contributed by atoms with Crippen LogP contribution in [0.2, 0.25) is 5.02 Å². The Labute approximate surface area is 179 Å². The third-order valence-corrected chi connectivity index (χ3v) is 6.38. The van der Waals surface area contributed by atoms with Crippen molar-refractivity contribution in [3.05, 3.63) is 87.1 Å². The van der Waals surface area contributed by atoms with E-state index in [1.54, 1.807) is 28.4 Å². The van der Waals surface area contributed by atoms with E-state index in [0.717, 1.165) is 21.7 Å². The maximum atomic E-state index is 13.1. The number of rotatable bonds is 5. The first-order valence-corrected chi connectivity index (χ1v) is 10.7. The average Bonchev–Trinajstić information content (AvgIpc) is 3.36. The highest BCUT2D eigenvalue weighted by Crippen LogP contribution is 2.43. The van der Waals surface area contributed by atoms with Crippen LogP contribution in [0.5, 0.6) is 0 Å². The first kappa shape index (κ1) is 19.7. The van der Waals surface area contributed by atoms with E-state index >= 15 is 0 Å². The lowest BCUT2D eigenvalue weighted by atomic mass is 9.97. The summed E-state index contributed by atoms with van der Waals surface area (Å²) in [6, 6.07) is 18.9. The van der Waals surface area contributed by atoms with Crippen LogP contribution in [0.4, 0.5) is 5.69 Å². The Bertz CT molecular complexity index is 1000. The van der Waals surface area contributed by atoms with E-state index in [1.807, 2.05) is 60.8 Å². The number of benzene rings is 2. The van der Waals surface area contributed by atoms with Crippen molar-refractivity contribution < 1.29 is 9.59 Å². The van der Waals surface area contributed by atoms with Gasteiger partial charge in [-0.05, 0) is 48.2 Å². The highest BCUT2D eigenvalue weighted by molar-refractivity contribution is 7.10. The number of thiophene rings is 1. The van der Waals surface area contributed by atoms with Gasteiger partial charge in [0.2, 0.25) is 11.8 Å². The third kappa shape index (κ3) is 4.21. The van der Waals surface area contributed by atoms with Crippen LogP contribution >= 0.6 is 22.9 Å². The molecule has 1 fully saturated rings. The normalized spacial score (nSPS) is 18.8. The predicted octanol–water partition coefficient (Wildman–Crippen LogP) is 5.12. The van der Waals surface area contributed by atoms with Gasteiger partial charge in [0.05, 0.1) is 12.0 Å². The number of aryl methyl sites for hydroxylation is 1. The number of carbonyl (C=O) groups is 2. The molecule has 0 bridgehead atoms. The molecule has 3 aromatic rings. The van der Waals surface area contributed by atoms with Crippen molar-refractivity contribution in [2.75, 3.05) is 4.90 Å². The zero-order valence-electron chi connectivity index (χ0n) is 16.0. The smallest absolute Gasteiger partial charge is 0.228 e. The molecule has 2 amide bonds. The van der Waals surface area contributed by atoms with Gasteiger partial charge in [-0.25, -0.2) is 0 Å². The Morgan fingerprint density at radius 1 is 1.14 bits per heavy atom. The number of anilines is 1. The van der Waals surface area contributed by atoms with Crippen LogP contribution in [0.25, 0.3) is 0 Å². The van der Waals surface area contributed by atoms with Crippen LogP contribution in [0.1, 0.15) is 28.5 Å². The SMILES string of the molecule is Cc1ccc(N2C(=O)C[C@@H](C(=O)NCc3ccc(Cl)cc3)[C@H]2c2cccs2)cc1. The van der Waals surface area contributed by atoms with E-state index in [1.165, 1.54) is 0 Å². The van der Waals surface area contributed by atoms with Crippen molar-refractivity contribution in [1.29, 1.82) is 0 Å². The third-order valence-electron chi connectivity index (χ3n) is 5.19. The van der Waals surface area contributed by atoms with Crippen LogP contribution in [-0.2, 0) is 16.1 Å². The predicted molar refractivity (Wildman–Crippen MR) is 117 cm³/mol. The van der Waals surface area contributed by atoms with Crippen LogP contribution in [-0.4, -0.2) is 11.8 Å². The molecule has 0 unspecified atom stereocenters. The van der Waals surface area contributed by atoms with E-state index in [4.69, 9.17) is 11.6 Å². The molecule has 1 saturated heterocycles. The summed E-state index contributed by atoms with van der Waals surface area (Å²) in [5, 5.41) is 5.64. The van der Waals surface area contributed by atoms with Crippen molar-refractivity contribution in [2.45, 2.75) is 25.9 Å². The molecule has 0 radical (unpaired) electrons. The first-order chi connectivity index (χ1) is 14.0. The summed E-state index contributed by atoms with van der Waals surface area (Å²) in [4.78, 5) is 28.8. The Balaban J connectivity index is 1.58.